The molecule has 0 aliphatic heterocycles. The molecule has 106 valence electrons. The maximum absolute atomic E-state index is 11.3. The average Bonchev–Trinajstić information content (AvgIpc) is 2.86. The van der Waals surface area contributed by atoms with E-state index in [1.165, 1.54) is 0 Å². The molecule has 20 heavy (non-hydrogen) atoms. The van der Waals surface area contributed by atoms with Crippen LogP contribution in [0.2, 0.25) is 0 Å². The lowest BCUT2D eigenvalue weighted by Gasteiger charge is -2.09. The Balaban J connectivity index is 2.05. The molecule has 0 aliphatic carbocycles. The summed E-state index contributed by atoms with van der Waals surface area (Å²) in [4.78, 5) is 11.3. The van der Waals surface area contributed by atoms with Crippen molar-refractivity contribution >= 4 is 5.78 Å². The van der Waals surface area contributed by atoms with E-state index in [1.807, 2.05) is 36.0 Å². The summed E-state index contributed by atoms with van der Waals surface area (Å²) in [6, 6.07) is 7.78. The summed E-state index contributed by atoms with van der Waals surface area (Å²) in [5.41, 5.74) is 2.56. The molecule has 0 N–H and O–H groups in total. The van der Waals surface area contributed by atoms with Gasteiger partial charge in [0.2, 0.25) is 0 Å². The lowest BCUT2D eigenvalue weighted by atomic mass is 10.1. The van der Waals surface area contributed by atoms with Gasteiger partial charge < -0.3 is 4.74 Å². The van der Waals surface area contributed by atoms with Crippen LogP contribution >= 0.6 is 0 Å². The number of ether oxygens (including phenoxy) is 1. The molecule has 0 saturated carbocycles. The third kappa shape index (κ3) is 3.26. The van der Waals surface area contributed by atoms with Crippen LogP contribution in [0.15, 0.2) is 30.5 Å². The number of benzene rings is 1. The summed E-state index contributed by atoms with van der Waals surface area (Å²) in [6.45, 7) is 8.10. The molecule has 0 unspecified atom stereocenters. The minimum absolute atomic E-state index is 0.0651. The van der Waals surface area contributed by atoms with Crippen LogP contribution in [0.5, 0.6) is 5.75 Å². The van der Waals surface area contributed by atoms with Crippen molar-refractivity contribution < 1.29 is 9.53 Å². The molecule has 0 atom stereocenters. The summed E-state index contributed by atoms with van der Waals surface area (Å²) in [5.74, 6) is 0.851. The first-order valence-electron chi connectivity index (χ1n) is 6.76. The van der Waals surface area contributed by atoms with E-state index in [0.29, 0.717) is 18.2 Å². The monoisotopic (exact) mass is 272 g/mol. The van der Waals surface area contributed by atoms with E-state index in [2.05, 4.69) is 18.9 Å². The molecule has 1 heterocycles. The second-order valence-corrected chi connectivity index (χ2v) is 5.21. The molecule has 0 radical (unpaired) electrons. The molecule has 2 aromatic rings. The Kier molecular flexibility index (Phi) is 4.23. The number of ketones is 1. The number of hydrogen-bond donors (Lipinski definition) is 0. The van der Waals surface area contributed by atoms with Crippen LogP contribution < -0.4 is 4.74 Å². The quantitative estimate of drug-likeness (QED) is 0.782. The fraction of sp³-hybridized carbons (Fsp3) is 0.375. The van der Waals surface area contributed by atoms with Crippen molar-refractivity contribution in [3.8, 4) is 5.75 Å². The summed E-state index contributed by atoms with van der Waals surface area (Å²) in [6.07, 6.45) is 1.95. The SMILES string of the molecule is CC(=O)c1ccc(OCc2ccn(C(C)C)n2)c(C)c1. The zero-order chi connectivity index (χ0) is 14.7. The number of nitrogens with zero attached hydrogens (tertiary/aromatic N) is 2. The molecule has 1 aromatic heterocycles. The molecule has 0 bridgehead atoms. The zero-order valence-electron chi connectivity index (χ0n) is 12.4. The number of carbonyl (C=O) groups excluding carboxylic acids is 1. The van der Waals surface area contributed by atoms with Crippen LogP contribution in [-0.4, -0.2) is 15.6 Å². The molecule has 0 fully saturated rings. The lowest BCUT2D eigenvalue weighted by molar-refractivity contribution is 0.101. The molecule has 0 spiro atoms. The van der Waals surface area contributed by atoms with Gasteiger partial charge >= 0.3 is 0 Å². The van der Waals surface area contributed by atoms with E-state index in [0.717, 1.165) is 17.0 Å². The lowest BCUT2D eigenvalue weighted by Crippen LogP contribution is -2.04. The summed E-state index contributed by atoms with van der Waals surface area (Å²) in [5, 5.41) is 4.44. The van der Waals surface area contributed by atoms with Gasteiger partial charge in [0.15, 0.2) is 5.78 Å². The molecule has 0 aliphatic rings. The van der Waals surface area contributed by atoms with Gasteiger partial charge in [0.05, 0.1) is 5.69 Å². The van der Waals surface area contributed by atoms with E-state index in [4.69, 9.17) is 4.74 Å². The standard InChI is InChI=1S/C16H20N2O2/c1-11(2)18-8-7-15(17-18)10-20-16-6-5-14(13(4)19)9-12(16)3/h5-9,11H,10H2,1-4H3. The topological polar surface area (TPSA) is 44.1 Å². The number of Topliss-reactive ketones (excluding diaryl/α,β-unsaturated/α-hetero) is 1. The first-order chi connectivity index (χ1) is 9.47. The average molecular weight is 272 g/mol. The van der Waals surface area contributed by atoms with Crippen molar-refractivity contribution in [3.63, 3.8) is 0 Å². The Morgan fingerprint density at radius 2 is 2.10 bits per heavy atom. The highest BCUT2D eigenvalue weighted by Crippen LogP contribution is 2.20. The van der Waals surface area contributed by atoms with Crippen LogP contribution in [0.4, 0.5) is 0 Å². The van der Waals surface area contributed by atoms with Crippen molar-refractivity contribution in [1.29, 1.82) is 0 Å². The molecule has 4 nitrogen and oxygen atoms in total. The minimum Gasteiger partial charge on any atom is -0.487 e. The van der Waals surface area contributed by atoms with E-state index in [9.17, 15) is 4.79 Å². The number of aromatic nitrogens is 2. The van der Waals surface area contributed by atoms with Crippen molar-refractivity contribution in [2.24, 2.45) is 0 Å². The van der Waals surface area contributed by atoms with Gasteiger partial charge in [-0.2, -0.15) is 5.10 Å². The van der Waals surface area contributed by atoms with Crippen LogP contribution in [-0.2, 0) is 6.61 Å². The molecule has 4 heteroatoms. The number of aryl methyl sites for hydroxylation is 1. The molecule has 1 aromatic carbocycles. The zero-order valence-corrected chi connectivity index (χ0v) is 12.4. The van der Waals surface area contributed by atoms with Gasteiger partial charge in [-0.3, -0.25) is 9.48 Å². The van der Waals surface area contributed by atoms with E-state index in [-0.39, 0.29) is 5.78 Å². The van der Waals surface area contributed by atoms with Crippen molar-refractivity contribution in [3.05, 3.63) is 47.3 Å². The second kappa shape index (κ2) is 5.90. The molecule has 0 saturated heterocycles. The highest BCUT2D eigenvalue weighted by molar-refractivity contribution is 5.94. The Morgan fingerprint density at radius 3 is 2.65 bits per heavy atom. The van der Waals surface area contributed by atoms with Gasteiger partial charge in [0.25, 0.3) is 0 Å². The van der Waals surface area contributed by atoms with Gasteiger partial charge in [-0.25, -0.2) is 0 Å². The van der Waals surface area contributed by atoms with Crippen LogP contribution in [0.3, 0.4) is 0 Å². The highest BCUT2D eigenvalue weighted by atomic mass is 16.5. The third-order valence-corrected chi connectivity index (χ3v) is 3.15. The van der Waals surface area contributed by atoms with Gasteiger partial charge in [-0.15, -0.1) is 0 Å². The Labute approximate surface area is 119 Å². The first-order valence-corrected chi connectivity index (χ1v) is 6.76. The fourth-order valence-corrected chi connectivity index (χ4v) is 1.92. The Hall–Kier alpha value is -2.10. The van der Waals surface area contributed by atoms with Gasteiger partial charge in [-0.1, -0.05) is 0 Å². The first kappa shape index (κ1) is 14.3. The molecular formula is C16H20N2O2. The van der Waals surface area contributed by atoms with Gasteiger partial charge in [0, 0.05) is 17.8 Å². The van der Waals surface area contributed by atoms with Crippen LogP contribution in [0, 0.1) is 6.92 Å². The highest BCUT2D eigenvalue weighted by Gasteiger charge is 2.06. The van der Waals surface area contributed by atoms with Crippen molar-refractivity contribution in [2.75, 3.05) is 0 Å². The number of carbonyl (C=O) groups is 1. The van der Waals surface area contributed by atoms with Crippen molar-refractivity contribution in [2.45, 2.75) is 40.3 Å². The van der Waals surface area contributed by atoms with E-state index >= 15 is 0 Å². The summed E-state index contributed by atoms with van der Waals surface area (Å²) in [7, 11) is 0. The maximum Gasteiger partial charge on any atom is 0.159 e. The predicted molar refractivity (Wildman–Crippen MR) is 78.1 cm³/mol. The third-order valence-electron chi connectivity index (χ3n) is 3.15. The maximum atomic E-state index is 11.3. The molecule has 0 amide bonds. The summed E-state index contributed by atoms with van der Waals surface area (Å²) >= 11 is 0. The second-order valence-electron chi connectivity index (χ2n) is 5.21. The fourth-order valence-electron chi connectivity index (χ4n) is 1.92. The van der Waals surface area contributed by atoms with Crippen molar-refractivity contribution in [1.82, 2.24) is 9.78 Å². The number of rotatable bonds is 5. The Bertz CT molecular complexity index is 615. The van der Waals surface area contributed by atoms with Gasteiger partial charge in [-0.05, 0) is 57.5 Å². The molecule has 2 rings (SSSR count). The summed E-state index contributed by atoms with van der Waals surface area (Å²) < 4.78 is 7.67. The minimum atomic E-state index is 0.0651. The smallest absolute Gasteiger partial charge is 0.159 e. The van der Waals surface area contributed by atoms with E-state index in [1.54, 1.807) is 13.0 Å². The molecular weight excluding hydrogens is 252 g/mol. The van der Waals surface area contributed by atoms with Gasteiger partial charge in [0.1, 0.15) is 12.4 Å². The van der Waals surface area contributed by atoms with E-state index < -0.39 is 0 Å². The van der Waals surface area contributed by atoms with Crippen LogP contribution in [0.25, 0.3) is 0 Å². The van der Waals surface area contributed by atoms with Crippen LogP contribution in [0.1, 0.15) is 48.4 Å². The number of hydrogen-bond acceptors (Lipinski definition) is 3. The predicted octanol–water partition coefficient (Wildman–Crippen LogP) is 3.55. The largest absolute Gasteiger partial charge is 0.487 e. The Morgan fingerprint density at radius 1 is 1.35 bits per heavy atom. The normalized spacial score (nSPS) is 10.8.